The Kier molecular flexibility index (Phi) is 3.64. The topological polar surface area (TPSA) is 37.3 Å². The third-order valence-electron chi connectivity index (χ3n) is 2.36. The summed E-state index contributed by atoms with van der Waals surface area (Å²) in [5, 5.41) is 9.61. The Morgan fingerprint density at radius 3 is 2.86 bits per heavy atom. The number of ketones is 1. The van der Waals surface area contributed by atoms with Crippen LogP contribution in [0.4, 0.5) is 0 Å². The highest BCUT2D eigenvalue weighted by Crippen LogP contribution is 2.22. The second kappa shape index (κ2) is 4.56. The molecule has 78 valence electrons. The van der Waals surface area contributed by atoms with Gasteiger partial charge in [0.25, 0.3) is 0 Å². The van der Waals surface area contributed by atoms with Gasteiger partial charge in [0.15, 0.2) is 0 Å². The molecule has 0 amide bonds. The molecule has 0 aliphatic heterocycles. The maximum atomic E-state index is 11.3. The molecule has 2 heteroatoms. The van der Waals surface area contributed by atoms with Crippen molar-refractivity contribution in [1.82, 2.24) is 0 Å². The van der Waals surface area contributed by atoms with Crippen LogP contribution in [0.15, 0.2) is 23.8 Å². The number of hydrogen-bond donors (Lipinski definition) is 1. The van der Waals surface area contributed by atoms with Crippen LogP contribution in [0.2, 0.25) is 0 Å². The van der Waals surface area contributed by atoms with Crippen molar-refractivity contribution in [3.05, 3.63) is 23.8 Å². The highest BCUT2D eigenvalue weighted by Gasteiger charge is 2.18. The molecule has 1 rings (SSSR count). The minimum Gasteiger partial charge on any atom is -0.386 e. The third kappa shape index (κ3) is 3.46. The molecule has 0 bridgehead atoms. The van der Waals surface area contributed by atoms with E-state index in [-0.39, 0.29) is 5.78 Å². The Labute approximate surface area is 85.3 Å². The largest absolute Gasteiger partial charge is 0.386 e. The lowest BCUT2D eigenvalue weighted by molar-refractivity contribution is -0.118. The summed E-state index contributed by atoms with van der Waals surface area (Å²) in [6.45, 7) is 3.78. The number of Topliss-reactive ketones (excluding diaryl/α,β-unsaturated/α-hetero) is 1. The molecule has 0 spiro atoms. The monoisotopic (exact) mass is 194 g/mol. The molecule has 1 aliphatic rings. The zero-order valence-corrected chi connectivity index (χ0v) is 8.92. The van der Waals surface area contributed by atoms with Crippen molar-refractivity contribution in [3.63, 3.8) is 0 Å². The van der Waals surface area contributed by atoms with Crippen LogP contribution in [0.3, 0.4) is 0 Å². The molecule has 2 nitrogen and oxygen atoms in total. The second-order valence-corrected chi connectivity index (χ2v) is 4.14. The van der Waals surface area contributed by atoms with E-state index in [9.17, 15) is 9.90 Å². The zero-order chi connectivity index (χ0) is 10.6. The molecule has 1 atom stereocenters. The van der Waals surface area contributed by atoms with Crippen LogP contribution in [0.25, 0.3) is 0 Å². The van der Waals surface area contributed by atoms with Crippen LogP contribution in [0.1, 0.15) is 39.5 Å². The van der Waals surface area contributed by atoms with Crippen molar-refractivity contribution in [2.24, 2.45) is 0 Å². The molecule has 0 radical (unpaired) electrons. The van der Waals surface area contributed by atoms with Crippen LogP contribution < -0.4 is 0 Å². The van der Waals surface area contributed by atoms with Gasteiger partial charge in [-0.25, -0.2) is 0 Å². The van der Waals surface area contributed by atoms with Crippen molar-refractivity contribution < 1.29 is 9.90 Å². The molecule has 0 saturated carbocycles. The third-order valence-corrected chi connectivity index (χ3v) is 2.36. The predicted octanol–water partition coefficient (Wildman–Crippen LogP) is 2.38. The number of allylic oxidation sites excluding steroid dienone is 2. The average molecular weight is 194 g/mol. The molecule has 1 aliphatic carbocycles. The SMILES string of the molecule is CCCC(=O)CC1=CCC(C)(O)C=C1. The first-order chi connectivity index (χ1) is 6.53. The van der Waals surface area contributed by atoms with E-state index in [0.717, 1.165) is 12.0 Å². The van der Waals surface area contributed by atoms with Gasteiger partial charge in [0.2, 0.25) is 0 Å². The van der Waals surface area contributed by atoms with Crippen LogP contribution in [-0.2, 0) is 4.79 Å². The predicted molar refractivity (Wildman–Crippen MR) is 57.0 cm³/mol. The molecule has 1 unspecified atom stereocenters. The summed E-state index contributed by atoms with van der Waals surface area (Å²) in [6, 6.07) is 0. The number of carbonyl (C=O) groups is 1. The van der Waals surface area contributed by atoms with Crippen LogP contribution in [-0.4, -0.2) is 16.5 Å². The fourth-order valence-corrected chi connectivity index (χ4v) is 1.49. The van der Waals surface area contributed by atoms with E-state index in [1.54, 1.807) is 13.0 Å². The molecule has 1 N–H and O–H groups in total. The minimum absolute atomic E-state index is 0.282. The number of aliphatic hydroxyl groups is 1. The van der Waals surface area contributed by atoms with Crippen LogP contribution in [0.5, 0.6) is 0 Å². The molecule has 0 fully saturated rings. The van der Waals surface area contributed by atoms with Gasteiger partial charge >= 0.3 is 0 Å². The van der Waals surface area contributed by atoms with E-state index in [4.69, 9.17) is 0 Å². The van der Waals surface area contributed by atoms with E-state index in [1.165, 1.54) is 0 Å². The van der Waals surface area contributed by atoms with Gasteiger partial charge in [-0.1, -0.05) is 25.2 Å². The van der Waals surface area contributed by atoms with Crippen molar-refractivity contribution >= 4 is 5.78 Å². The summed E-state index contributed by atoms with van der Waals surface area (Å²) in [5.74, 6) is 0.282. The van der Waals surface area contributed by atoms with Crippen molar-refractivity contribution in [3.8, 4) is 0 Å². The summed E-state index contributed by atoms with van der Waals surface area (Å²) in [7, 11) is 0. The van der Waals surface area contributed by atoms with Crippen molar-refractivity contribution in [1.29, 1.82) is 0 Å². The van der Waals surface area contributed by atoms with Crippen LogP contribution in [0, 0.1) is 0 Å². The first kappa shape index (κ1) is 11.2. The summed E-state index contributed by atoms with van der Waals surface area (Å²) >= 11 is 0. The number of hydrogen-bond acceptors (Lipinski definition) is 2. The average Bonchev–Trinajstić information content (AvgIpc) is 2.09. The Morgan fingerprint density at radius 1 is 1.64 bits per heavy atom. The Bertz CT molecular complexity index is 272. The van der Waals surface area contributed by atoms with Gasteiger partial charge in [0.1, 0.15) is 5.78 Å². The molecule has 14 heavy (non-hydrogen) atoms. The molecule has 0 aromatic heterocycles. The highest BCUT2D eigenvalue weighted by atomic mass is 16.3. The quantitative estimate of drug-likeness (QED) is 0.746. The van der Waals surface area contributed by atoms with E-state index >= 15 is 0 Å². The van der Waals surface area contributed by atoms with Crippen molar-refractivity contribution in [2.75, 3.05) is 0 Å². The van der Waals surface area contributed by atoms with Gasteiger partial charge in [-0.2, -0.15) is 0 Å². The standard InChI is InChI=1S/C12H18O2/c1-3-4-11(13)9-10-5-7-12(2,14)8-6-10/h5-7,14H,3-4,8-9H2,1-2H3. The highest BCUT2D eigenvalue weighted by molar-refractivity contribution is 5.81. The van der Waals surface area contributed by atoms with Gasteiger partial charge in [-0.15, -0.1) is 0 Å². The van der Waals surface area contributed by atoms with Gasteiger partial charge in [0, 0.05) is 12.8 Å². The first-order valence-corrected chi connectivity index (χ1v) is 5.16. The molecular formula is C12H18O2. The van der Waals surface area contributed by atoms with Gasteiger partial charge in [-0.05, 0) is 25.3 Å². The summed E-state index contributed by atoms with van der Waals surface area (Å²) < 4.78 is 0. The van der Waals surface area contributed by atoms with Gasteiger partial charge < -0.3 is 5.11 Å². The lowest BCUT2D eigenvalue weighted by atomic mass is 9.92. The summed E-state index contributed by atoms with van der Waals surface area (Å²) in [5.41, 5.74) is 0.312. The van der Waals surface area contributed by atoms with Crippen LogP contribution >= 0.6 is 0 Å². The minimum atomic E-state index is -0.725. The summed E-state index contributed by atoms with van der Waals surface area (Å²) in [6.07, 6.45) is 8.26. The normalized spacial score (nSPS) is 26.1. The van der Waals surface area contributed by atoms with Gasteiger partial charge in [0.05, 0.1) is 5.60 Å². The maximum absolute atomic E-state index is 11.3. The lowest BCUT2D eigenvalue weighted by Crippen LogP contribution is -2.21. The molecule has 0 saturated heterocycles. The molecule has 0 heterocycles. The molecule has 0 aromatic rings. The first-order valence-electron chi connectivity index (χ1n) is 5.16. The maximum Gasteiger partial charge on any atom is 0.137 e. The number of rotatable bonds is 4. The van der Waals surface area contributed by atoms with E-state index in [2.05, 4.69) is 0 Å². The Hall–Kier alpha value is -0.890. The van der Waals surface area contributed by atoms with E-state index in [1.807, 2.05) is 19.1 Å². The zero-order valence-electron chi connectivity index (χ0n) is 8.92. The van der Waals surface area contributed by atoms with E-state index in [0.29, 0.717) is 19.3 Å². The molecule has 0 aromatic carbocycles. The summed E-state index contributed by atoms with van der Waals surface area (Å²) in [4.78, 5) is 11.3. The van der Waals surface area contributed by atoms with E-state index < -0.39 is 5.60 Å². The second-order valence-electron chi connectivity index (χ2n) is 4.14. The fourth-order valence-electron chi connectivity index (χ4n) is 1.49. The Morgan fingerprint density at radius 2 is 2.36 bits per heavy atom. The number of carbonyl (C=O) groups excluding carboxylic acids is 1. The lowest BCUT2D eigenvalue weighted by Gasteiger charge is -2.21. The Balaban J connectivity index is 2.46. The van der Waals surface area contributed by atoms with Gasteiger partial charge in [-0.3, -0.25) is 4.79 Å². The fraction of sp³-hybridized carbons (Fsp3) is 0.583. The molecular weight excluding hydrogens is 176 g/mol. The van der Waals surface area contributed by atoms with Crippen molar-refractivity contribution in [2.45, 2.75) is 45.1 Å². The smallest absolute Gasteiger partial charge is 0.137 e.